The average Bonchev–Trinajstić information content (AvgIpc) is 2.80. The van der Waals surface area contributed by atoms with Gasteiger partial charge in [-0.05, 0) is 31.2 Å². The highest BCUT2D eigenvalue weighted by Crippen LogP contribution is 2.33. The monoisotopic (exact) mass is 273 g/mol. The van der Waals surface area contributed by atoms with Crippen molar-refractivity contribution in [3.05, 3.63) is 57.9 Å². The van der Waals surface area contributed by atoms with Crippen molar-refractivity contribution in [2.24, 2.45) is 0 Å². The van der Waals surface area contributed by atoms with Crippen LogP contribution in [0.15, 0.2) is 36.5 Å². The SMILES string of the molecule is O=[N+]([O-])c1ccc(O)c(C2NCCCn3cccc32)c1. The molecule has 104 valence electrons. The number of nitrogens with one attached hydrogen (secondary N) is 1. The Labute approximate surface area is 115 Å². The minimum absolute atomic E-state index is 0.0121. The molecular formula is C14H15N3O3. The van der Waals surface area contributed by atoms with E-state index in [1.54, 1.807) is 0 Å². The van der Waals surface area contributed by atoms with Gasteiger partial charge in [0.25, 0.3) is 5.69 Å². The second kappa shape index (κ2) is 4.97. The van der Waals surface area contributed by atoms with Gasteiger partial charge in [-0.15, -0.1) is 0 Å². The van der Waals surface area contributed by atoms with E-state index in [9.17, 15) is 15.2 Å². The van der Waals surface area contributed by atoms with E-state index in [-0.39, 0.29) is 17.5 Å². The highest BCUT2D eigenvalue weighted by molar-refractivity contribution is 5.47. The highest BCUT2D eigenvalue weighted by atomic mass is 16.6. The molecule has 1 aromatic heterocycles. The number of non-ortho nitro benzene ring substituents is 1. The molecule has 0 fully saturated rings. The third-order valence-corrected chi connectivity index (χ3v) is 3.62. The van der Waals surface area contributed by atoms with Gasteiger partial charge in [0.1, 0.15) is 5.75 Å². The summed E-state index contributed by atoms with van der Waals surface area (Å²) in [4.78, 5) is 10.5. The maximum absolute atomic E-state index is 10.9. The number of aryl methyl sites for hydroxylation is 1. The first-order valence-corrected chi connectivity index (χ1v) is 6.52. The standard InChI is InChI=1S/C14H15N3O3/c18-13-5-4-10(17(19)20)9-11(13)14-12-3-1-7-16(12)8-2-6-15-14/h1,3-5,7,9,14-15,18H,2,6,8H2. The Hall–Kier alpha value is -2.34. The molecule has 2 aromatic rings. The number of rotatable bonds is 2. The van der Waals surface area contributed by atoms with Crippen LogP contribution in [-0.4, -0.2) is 21.1 Å². The van der Waals surface area contributed by atoms with Crippen molar-refractivity contribution in [1.82, 2.24) is 9.88 Å². The quantitative estimate of drug-likeness (QED) is 0.649. The van der Waals surface area contributed by atoms with E-state index in [0.717, 1.165) is 25.2 Å². The summed E-state index contributed by atoms with van der Waals surface area (Å²) in [5, 5.41) is 24.3. The number of fused-ring (bicyclic) bond motifs is 1. The van der Waals surface area contributed by atoms with Crippen LogP contribution in [0.25, 0.3) is 0 Å². The normalized spacial score (nSPS) is 18.3. The summed E-state index contributed by atoms with van der Waals surface area (Å²) in [5.74, 6) is 0.0720. The lowest BCUT2D eigenvalue weighted by Gasteiger charge is -2.18. The Morgan fingerprint density at radius 3 is 3.05 bits per heavy atom. The molecule has 20 heavy (non-hydrogen) atoms. The van der Waals surface area contributed by atoms with Gasteiger partial charge < -0.3 is 15.0 Å². The minimum Gasteiger partial charge on any atom is -0.508 e. The molecule has 0 saturated heterocycles. The molecule has 1 unspecified atom stereocenters. The molecule has 0 bridgehead atoms. The zero-order valence-electron chi connectivity index (χ0n) is 10.8. The molecule has 0 spiro atoms. The molecule has 0 radical (unpaired) electrons. The van der Waals surface area contributed by atoms with Crippen LogP contribution in [0.2, 0.25) is 0 Å². The first kappa shape index (κ1) is 12.7. The fraction of sp³-hybridized carbons (Fsp3) is 0.286. The molecular weight excluding hydrogens is 258 g/mol. The van der Waals surface area contributed by atoms with E-state index in [2.05, 4.69) is 9.88 Å². The largest absolute Gasteiger partial charge is 0.508 e. The van der Waals surface area contributed by atoms with Gasteiger partial charge in [0, 0.05) is 36.1 Å². The molecule has 6 heteroatoms. The maximum Gasteiger partial charge on any atom is 0.270 e. The van der Waals surface area contributed by atoms with Gasteiger partial charge in [-0.25, -0.2) is 0 Å². The first-order chi connectivity index (χ1) is 9.66. The lowest BCUT2D eigenvalue weighted by molar-refractivity contribution is -0.385. The Kier molecular flexibility index (Phi) is 3.15. The van der Waals surface area contributed by atoms with E-state index in [0.29, 0.717) is 5.56 Å². The van der Waals surface area contributed by atoms with Gasteiger partial charge in [0.15, 0.2) is 0 Å². The Bertz CT molecular complexity index is 651. The van der Waals surface area contributed by atoms with Crippen LogP contribution in [0, 0.1) is 10.1 Å². The Morgan fingerprint density at radius 1 is 1.40 bits per heavy atom. The van der Waals surface area contributed by atoms with Crippen LogP contribution in [-0.2, 0) is 6.54 Å². The van der Waals surface area contributed by atoms with Gasteiger partial charge in [0.05, 0.1) is 11.0 Å². The molecule has 1 aliphatic rings. The van der Waals surface area contributed by atoms with Gasteiger partial charge in [0.2, 0.25) is 0 Å². The van der Waals surface area contributed by atoms with Crippen LogP contribution < -0.4 is 5.32 Å². The summed E-state index contributed by atoms with van der Waals surface area (Å²) in [7, 11) is 0. The highest BCUT2D eigenvalue weighted by Gasteiger charge is 2.24. The lowest BCUT2D eigenvalue weighted by Crippen LogP contribution is -2.22. The van der Waals surface area contributed by atoms with Crippen LogP contribution in [0.3, 0.4) is 0 Å². The van der Waals surface area contributed by atoms with Crippen molar-refractivity contribution in [3.8, 4) is 5.75 Å². The fourth-order valence-electron chi connectivity index (χ4n) is 2.65. The number of phenols is 1. The van der Waals surface area contributed by atoms with Crippen LogP contribution >= 0.6 is 0 Å². The number of nitrogens with zero attached hydrogens (tertiary/aromatic N) is 2. The molecule has 1 aromatic carbocycles. The predicted octanol–water partition coefficient (Wildman–Crippen LogP) is 2.18. The van der Waals surface area contributed by atoms with E-state index in [1.165, 1.54) is 18.2 Å². The molecule has 2 heterocycles. The predicted molar refractivity (Wildman–Crippen MR) is 73.7 cm³/mol. The number of aromatic nitrogens is 1. The van der Waals surface area contributed by atoms with Crippen molar-refractivity contribution < 1.29 is 10.0 Å². The minimum atomic E-state index is -0.446. The summed E-state index contributed by atoms with van der Waals surface area (Å²) in [6, 6.07) is 7.83. The number of nitro benzene ring substituents is 1. The molecule has 0 saturated carbocycles. The number of aromatic hydroxyl groups is 1. The zero-order chi connectivity index (χ0) is 14.1. The Morgan fingerprint density at radius 2 is 2.25 bits per heavy atom. The molecule has 6 nitrogen and oxygen atoms in total. The molecule has 0 aliphatic carbocycles. The number of hydrogen-bond donors (Lipinski definition) is 2. The van der Waals surface area contributed by atoms with Gasteiger partial charge in [-0.3, -0.25) is 10.1 Å². The molecule has 1 aliphatic heterocycles. The van der Waals surface area contributed by atoms with Crippen molar-refractivity contribution in [2.45, 2.75) is 19.0 Å². The first-order valence-electron chi connectivity index (χ1n) is 6.52. The summed E-state index contributed by atoms with van der Waals surface area (Å²) < 4.78 is 2.11. The topological polar surface area (TPSA) is 80.3 Å². The van der Waals surface area contributed by atoms with Gasteiger partial charge >= 0.3 is 0 Å². The third-order valence-electron chi connectivity index (χ3n) is 3.62. The van der Waals surface area contributed by atoms with Crippen molar-refractivity contribution >= 4 is 5.69 Å². The zero-order valence-corrected chi connectivity index (χ0v) is 10.8. The van der Waals surface area contributed by atoms with E-state index >= 15 is 0 Å². The number of benzene rings is 1. The van der Waals surface area contributed by atoms with E-state index in [1.807, 2.05) is 18.3 Å². The smallest absolute Gasteiger partial charge is 0.270 e. The Balaban J connectivity index is 2.09. The van der Waals surface area contributed by atoms with Crippen molar-refractivity contribution in [1.29, 1.82) is 0 Å². The van der Waals surface area contributed by atoms with Crippen LogP contribution in [0.4, 0.5) is 5.69 Å². The van der Waals surface area contributed by atoms with Crippen LogP contribution in [0.5, 0.6) is 5.75 Å². The van der Waals surface area contributed by atoms with E-state index in [4.69, 9.17) is 0 Å². The summed E-state index contributed by atoms with van der Waals surface area (Å²) >= 11 is 0. The second-order valence-corrected chi connectivity index (χ2v) is 4.87. The third kappa shape index (κ3) is 2.14. The van der Waals surface area contributed by atoms with Crippen molar-refractivity contribution in [3.63, 3.8) is 0 Å². The number of nitro groups is 1. The van der Waals surface area contributed by atoms with Gasteiger partial charge in [-0.1, -0.05) is 0 Å². The fourth-order valence-corrected chi connectivity index (χ4v) is 2.65. The van der Waals surface area contributed by atoms with Crippen LogP contribution in [0.1, 0.15) is 23.7 Å². The lowest BCUT2D eigenvalue weighted by atomic mass is 10.0. The number of phenolic OH excluding ortho intramolecular Hbond substituents is 1. The molecule has 2 N–H and O–H groups in total. The second-order valence-electron chi connectivity index (χ2n) is 4.87. The van der Waals surface area contributed by atoms with Gasteiger partial charge in [-0.2, -0.15) is 0 Å². The number of hydrogen-bond acceptors (Lipinski definition) is 4. The maximum atomic E-state index is 10.9. The van der Waals surface area contributed by atoms with Crippen molar-refractivity contribution in [2.75, 3.05) is 6.54 Å². The summed E-state index contributed by atoms with van der Waals surface area (Å²) in [6.07, 6.45) is 2.97. The molecule has 0 amide bonds. The summed E-state index contributed by atoms with van der Waals surface area (Å²) in [6.45, 7) is 1.70. The summed E-state index contributed by atoms with van der Waals surface area (Å²) in [5.41, 5.74) is 1.54. The molecule has 3 rings (SSSR count). The van der Waals surface area contributed by atoms with E-state index < -0.39 is 4.92 Å². The average molecular weight is 273 g/mol. The molecule has 1 atom stereocenters.